The van der Waals surface area contributed by atoms with E-state index in [0.717, 1.165) is 45.4 Å². The van der Waals surface area contributed by atoms with Gasteiger partial charge < -0.3 is 25.4 Å². The van der Waals surface area contributed by atoms with Gasteiger partial charge in [0.05, 0.1) is 25.4 Å². The molecule has 2 saturated heterocycles. The van der Waals surface area contributed by atoms with E-state index in [1.807, 2.05) is 0 Å². The fourth-order valence-corrected chi connectivity index (χ4v) is 4.59. The Bertz CT molecular complexity index is 976. The number of hydrogen-bond acceptors (Lipinski definition) is 8. The number of aliphatic hydroxyl groups is 1. The number of benzene rings is 1. The number of nitrogens with zero attached hydrogens (tertiary/aromatic N) is 4. The maximum atomic E-state index is 12.9. The number of nitrogens with one attached hydrogen (secondary N) is 2. The lowest BCUT2D eigenvalue weighted by molar-refractivity contribution is 0.0209. The Balaban J connectivity index is 1.19. The second kappa shape index (κ2) is 10.0. The monoisotopic (exact) mass is 452 g/mol. The zero-order valence-corrected chi connectivity index (χ0v) is 18.9. The molecule has 1 atom stereocenters. The first kappa shape index (κ1) is 22.1. The lowest BCUT2D eigenvalue weighted by Crippen LogP contribution is -2.42. The summed E-state index contributed by atoms with van der Waals surface area (Å²) in [6, 6.07) is 10.3. The summed E-state index contributed by atoms with van der Waals surface area (Å²) in [7, 11) is 0. The summed E-state index contributed by atoms with van der Waals surface area (Å²) in [5.74, 6) is 0.919. The maximum absolute atomic E-state index is 12.9. The number of carbonyl (C=O) groups excluding carboxylic acids is 1. The lowest BCUT2D eigenvalue weighted by Gasteiger charge is -2.30. The van der Waals surface area contributed by atoms with Gasteiger partial charge in [0, 0.05) is 45.3 Å². The largest absolute Gasteiger partial charge is 0.390 e. The van der Waals surface area contributed by atoms with Gasteiger partial charge in [0.15, 0.2) is 0 Å². The molecule has 3 aliphatic rings. The van der Waals surface area contributed by atoms with Crippen LogP contribution in [0, 0.1) is 0 Å². The predicted octanol–water partition coefficient (Wildman–Crippen LogP) is 1.04. The van der Waals surface area contributed by atoms with Crippen LogP contribution in [-0.4, -0.2) is 84.0 Å². The van der Waals surface area contributed by atoms with E-state index in [1.165, 1.54) is 11.1 Å². The van der Waals surface area contributed by atoms with Crippen LogP contribution in [0.3, 0.4) is 0 Å². The van der Waals surface area contributed by atoms with E-state index in [1.54, 1.807) is 6.07 Å². The van der Waals surface area contributed by atoms with Gasteiger partial charge in [-0.15, -0.1) is 0 Å². The Morgan fingerprint density at radius 1 is 1.15 bits per heavy atom. The van der Waals surface area contributed by atoms with E-state index < -0.39 is 6.10 Å². The predicted molar refractivity (Wildman–Crippen MR) is 125 cm³/mol. The molecule has 0 bridgehead atoms. The van der Waals surface area contributed by atoms with Crippen LogP contribution in [0.25, 0.3) is 0 Å². The van der Waals surface area contributed by atoms with Crippen molar-refractivity contribution in [2.24, 2.45) is 0 Å². The lowest BCUT2D eigenvalue weighted by atomic mass is 10.00. The quantitative estimate of drug-likeness (QED) is 0.546. The average Bonchev–Trinajstić information content (AvgIpc) is 3.35. The highest BCUT2D eigenvalue weighted by atomic mass is 16.5. The Labute approximate surface area is 194 Å². The minimum atomic E-state index is -0.649. The molecule has 9 heteroatoms. The van der Waals surface area contributed by atoms with Crippen LogP contribution in [0.2, 0.25) is 0 Å². The molecule has 2 aromatic rings. The number of aliphatic hydroxyl groups excluding tert-OH is 1. The molecule has 0 radical (unpaired) electrons. The summed E-state index contributed by atoms with van der Waals surface area (Å²) in [6.07, 6.45) is 2.54. The third kappa shape index (κ3) is 5.43. The molecule has 1 unspecified atom stereocenters. The van der Waals surface area contributed by atoms with E-state index in [-0.39, 0.29) is 18.5 Å². The zero-order chi connectivity index (χ0) is 22.6. The third-order valence-corrected chi connectivity index (χ3v) is 6.50. The van der Waals surface area contributed by atoms with Gasteiger partial charge in [0.1, 0.15) is 11.5 Å². The van der Waals surface area contributed by atoms with Crippen molar-refractivity contribution in [3.8, 4) is 0 Å². The van der Waals surface area contributed by atoms with Crippen LogP contribution in [0.1, 0.15) is 34.5 Å². The smallest absolute Gasteiger partial charge is 0.270 e. The molecular formula is C24H32N6O3. The first-order valence-corrected chi connectivity index (χ1v) is 11.9. The molecule has 33 heavy (non-hydrogen) atoms. The van der Waals surface area contributed by atoms with Crippen LogP contribution in [0.5, 0.6) is 0 Å². The van der Waals surface area contributed by atoms with Crippen LogP contribution in [0.15, 0.2) is 30.3 Å². The van der Waals surface area contributed by atoms with Crippen molar-refractivity contribution in [2.45, 2.75) is 38.0 Å². The van der Waals surface area contributed by atoms with Gasteiger partial charge in [0.2, 0.25) is 5.95 Å². The van der Waals surface area contributed by atoms with Crippen molar-refractivity contribution >= 4 is 17.7 Å². The van der Waals surface area contributed by atoms with Gasteiger partial charge in [-0.05, 0) is 30.4 Å². The number of anilines is 2. The second-order valence-corrected chi connectivity index (χ2v) is 9.13. The summed E-state index contributed by atoms with van der Waals surface area (Å²) >= 11 is 0. The molecule has 1 aromatic carbocycles. The minimum absolute atomic E-state index is 0.180. The number of amides is 1. The van der Waals surface area contributed by atoms with Crippen molar-refractivity contribution in [1.82, 2.24) is 20.2 Å². The highest BCUT2D eigenvalue weighted by Gasteiger charge is 2.23. The third-order valence-electron chi connectivity index (χ3n) is 6.50. The Morgan fingerprint density at radius 3 is 2.70 bits per heavy atom. The van der Waals surface area contributed by atoms with Gasteiger partial charge in [-0.2, -0.15) is 4.98 Å². The molecule has 9 nitrogen and oxygen atoms in total. The van der Waals surface area contributed by atoms with Crippen molar-refractivity contribution in [3.63, 3.8) is 0 Å². The molecule has 5 rings (SSSR count). The number of carbonyl (C=O) groups is 1. The van der Waals surface area contributed by atoms with Crippen LogP contribution in [0.4, 0.5) is 11.8 Å². The number of fused-ring (bicyclic) bond motifs is 1. The topological polar surface area (TPSA) is 103 Å². The molecular weight excluding hydrogens is 420 g/mol. The van der Waals surface area contributed by atoms with Gasteiger partial charge in [-0.1, -0.05) is 24.3 Å². The molecule has 3 aliphatic heterocycles. The summed E-state index contributed by atoms with van der Waals surface area (Å²) in [4.78, 5) is 26.4. The van der Waals surface area contributed by atoms with Gasteiger partial charge in [0.25, 0.3) is 5.91 Å². The number of ether oxygens (including phenoxy) is 1. The second-order valence-electron chi connectivity index (χ2n) is 9.13. The van der Waals surface area contributed by atoms with Crippen LogP contribution in [-0.2, 0) is 17.7 Å². The van der Waals surface area contributed by atoms with E-state index in [4.69, 9.17) is 4.74 Å². The molecule has 2 fully saturated rings. The number of β-amino-alcohol motifs (C(OH)–C–C–N with tert-alkyl or cyclic N) is 1. The van der Waals surface area contributed by atoms with Crippen molar-refractivity contribution in [1.29, 1.82) is 0 Å². The Hall–Kier alpha value is -2.75. The summed E-state index contributed by atoms with van der Waals surface area (Å²) in [5, 5.41) is 16.7. The van der Waals surface area contributed by atoms with Gasteiger partial charge >= 0.3 is 0 Å². The normalized spacial score (nSPS) is 19.6. The van der Waals surface area contributed by atoms with Crippen LogP contribution < -0.4 is 15.5 Å². The van der Waals surface area contributed by atoms with Gasteiger partial charge in [-0.3, -0.25) is 9.69 Å². The molecule has 176 valence electrons. The molecule has 0 saturated carbocycles. The van der Waals surface area contributed by atoms with Crippen molar-refractivity contribution in [2.75, 3.05) is 56.2 Å². The van der Waals surface area contributed by atoms with E-state index >= 15 is 0 Å². The van der Waals surface area contributed by atoms with E-state index in [2.05, 4.69) is 54.7 Å². The number of rotatable bonds is 8. The average molecular weight is 453 g/mol. The highest BCUT2D eigenvalue weighted by molar-refractivity contribution is 5.93. The molecule has 1 aromatic heterocycles. The maximum Gasteiger partial charge on any atom is 0.270 e. The fourth-order valence-electron chi connectivity index (χ4n) is 4.59. The summed E-state index contributed by atoms with van der Waals surface area (Å²) in [5.41, 5.74) is 3.01. The first-order valence-electron chi connectivity index (χ1n) is 11.9. The molecule has 0 spiro atoms. The highest BCUT2D eigenvalue weighted by Crippen LogP contribution is 2.21. The van der Waals surface area contributed by atoms with E-state index in [0.29, 0.717) is 37.2 Å². The number of hydrogen-bond donors (Lipinski definition) is 3. The Kier molecular flexibility index (Phi) is 6.70. The fraction of sp³-hybridized carbons (Fsp3) is 0.542. The minimum Gasteiger partial charge on any atom is -0.390 e. The van der Waals surface area contributed by atoms with E-state index in [9.17, 15) is 9.90 Å². The molecule has 0 aliphatic carbocycles. The van der Waals surface area contributed by atoms with Gasteiger partial charge in [-0.25, -0.2) is 4.98 Å². The SMILES string of the molecule is O=C(NCC(O)CN1CCc2ccccc2C1)c1cc(NC2COC2)nc(N2CCCC2)n1. The van der Waals surface area contributed by atoms with Crippen LogP contribution >= 0.6 is 0 Å². The molecule has 1 amide bonds. The summed E-state index contributed by atoms with van der Waals surface area (Å²) in [6.45, 7) is 5.50. The zero-order valence-electron chi connectivity index (χ0n) is 18.9. The summed E-state index contributed by atoms with van der Waals surface area (Å²) < 4.78 is 5.23. The number of aromatic nitrogens is 2. The van der Waals surface area contributed by atoms with Crippen molar-refractivity contribution in [3.05, 3.63) is 47.2 Å². The molecule has 4 heterocycles. The first-order chi connectivity index (χ1) is 16.1. The van der Waals surface area contributed by atoms with Crippen molar-refractivity contribution < 1.29 is 14.6 Å². The molecule has 3 N–H and O–H groups in total. The standard InChI is InChI=1S/C24H32N6O3/c31-20(14-29-10-7-17-5-1-2-6-18(17)13-29)12-25-23(32)21-11-22(26-19-15-33-16-19)28-24(27-21)30-8-3-4-9-30/h1-2,5-6,11,19-20,31H,3-4,7-10,12-16H2,(H,25,32)(H,26,27,28). The Morgan fingerprint density at radius 2 is 1.94 bits per heavy atom.